The second-order valence-corrected chi connectivity index (χ2v) is 4.91. The fourth-order valence-corrected chi connectivity index (χ4v) is 2.39. The average molecular weight is 285 g/mol. The molecule has 1 aromatic carbocycles. The van der Waals surface area contributed by atoms with Crippen LogP contribution in [0.5, 0.6) is 0 Å². The molecule has 0 amide bonds. The summed E-state index contributed by atoms with van der Waals surface area (Å²) in [4.78, 5) is 10.7. The molecular weight excluding hydrogens is 271 g/mol. The van der Waals surface area contributed by atoms with Crippen LogP contribution in [0.3, 0.4) is 0 Å². The van der Waals surface area contributed by atoms with Gasteiger partial charge in [-0.05, 0) is 24.6 Å². The van der Waals surface area contributed by atoms with E-state index >= 15 is 0 Å². The summed E-state index contributed by atoms with van der Waals surface area (Å²) in [6.45, 7) is 1.79. The molecule has 3 nitrogen and oxygen atoms in total. The molecule has 0 aliphatic rings. The third-order valence-electron chi connectivity index (χ3n) is 3.33. The van der Waals surface area contributed by atoms with Crippen LogP contribution in [-0.4, -0.2) is 21.8 Å². The molecule has 2 aromatic rings. The van der Waals surface area contributed by atoms with Crippen LogP contribution >= 0.6 is 0 Å². The first kappa shape index (κ1) is 14.4. The largest absolute Gasteiger partial charge is 0.481 e. The molecule has 0 fully saturated rings. The number of rotatable bonds is 3. The summed E-state index contributed by atoms with van der Waals surface area (Å²) >= 11 is 0. The van der Waals surface area contributed by atoms with Gasteiger partial charge in [-0.15, -0.1) is 0 Å². The van der Waals surface area contributed by atoms with E-state index in [2.05, 4.69) is 0 Å². The Hall–Kier alpha value is -1.98. The highest BCUT2D eigenvalue weighted by Crippen LogP contribution is 2.41. The summed E-state index contributed by atoms with van der Waals surface area (Å²) in [5, 5.41) is 9.19. The highest BCUT2D eigenvalue weighted by Gasteiger charge is 2.43. The lowest BCUT2D eigenvalue weighted by Crippen LogP contribution is -2.23. The normalized spacial score (nSPS) is 13.7. The average Bonchev–Trinajstić information content (AvgIpc) is 2.61. The number of halogens is 3. The van der Waals surface area contributed by atoms with Gasteiger partial charge in [0.25, 0.3) is 0 Å². The number of carboxylic acid groups (broad SMARTS) is 1. The number of carbonyl (C=O) groups is 1. The van der Waals surface area contributed by atoms with Gasteiger partial charge in [-0.2, -0.15) is 13.2 Å². The third-order valence-corrected chi connectivity index (χ3v) is 3.33. The van der Waals surface area contributed by atoms with Gasteiger partial charge >= 0.3 is 12.1 Å². The first-order valence-corrected chi connectivity index (χ1v) is 6.04. The van der Waals surface area contributed by atoms with Crippen LogP contribution in [0.1, 0.15) is 23.5 Å². The molecule has 2 rings (SSSR count). The topological polar surface area (TPSA) is 42.2 Å². The predicted molar refractivity (Wildman–Crippen MR) is 68.7 cm³/mol. The van der Waals surface area contributed by atoms with Gasteiger partial charge in [-0.3, -0.25) is 4.79 Å². The van der Waals surface area contributed by atoms with E-state index in [1.54, 1.807) is 30.7 Å². The van der Waals surface area contributed by atoms with E-state index in [0.717, 1.165) is 5.56 Å². The van der Waals surface area contributed by atoms with Crippen molar-refractivity contribution in [3.63, 3.8) is 0 Å². The van der Waals surface area contributed by atoms with Crippen LogP contribution in [0.25, 0.3) is 10.9 Å². The lowest BCUT2D eigenvalue weighted by atomic mass is 9.94. The van der Waals surface area contributed by atoms with E-state index in [-0.39, 0.29) is 5.56 Å². The first-order chi connectivity index (χ1) is 9.20. The Morgan fingerprint density at radius 2 is 2.05 bits per heavy atom. The van der Waals surface area contributed by atoms with E-state index in [1.807, 2.05) is 6.07 Å². The Morgan fingerprint density at radius 3 is 2.60 bits per heavy atom. The number of hydrogen-bond donors (Lipinski definition) is 1. The monoisotopic (exact) mass is 285 g/mol. The minimum atomic E-state index is -4.59. The molecule has 108 valence electrons. The standard InChI is InChI=1S/C14H14F3NO2/c1-8-3-4-12-9(5-8)10(7-18(12)2)11(6-13(19)20)14(15,16)17/h3-5,7,11H,6H2,1-2H3,(H,19,20)/t11-/m0/s1. The first-order valence-electron chi connectivity index (χ1n) is 6.04. The zero-order chi connectivity index (χ0) is 15.1. The van der Waals surface area contributed by atoms with Crippen molar-refractivity contribution in [2.45, 2.75) is 25.4 Å². The summed E-state index contributed by atoms with van der Waals surface area (Å²) in [5.74, 6) is -3.46. The maximum atomic E-state index is 13.1. The summed E-state index contributed by atoms with van der Waals surface area (Å²) < 4.78 is 41.0. The molecule has 1 atom stereocenters. The molecule has 6 heteroatoms. The van der Waals surface area contributed by atoms with Gasteiger partial charge in [0, 0.05) is 24.1 Å². The molecule has 0 saturated carbocycles. The van der Waals surface area contributed by atoms with Crippen molar-refractivity contribution >= 4 is 16.9 Å². The Bertz CT molecular complexity index is 658. The van der Waals surface area contributed by atoms with Gasteiger partial charge in [0.05, 0.1) is 12.3 Å². The molecule has 1 N–H and O–H groups in total. The number of fused-ring (bicyclic) bond motifs is 1. The zero-order valence-corrected chi connectivity index (χ0v) is 11.0. The Kier molecular flexibility index (Phi) is 3.50. The van der Waals surface area contributed by atoms with Crippen LogP contribution in [-0.2, 0) is 11.8 Å². The van der Waals surface area contributed by atoms with Gasteiger partial charge in [-0.25, -0.2) is 0 Å². The molecule has 20 heavy (non-hydrogen) atoms. The number of aliphatic carboxylic acids is 1. The van der Waals surface area contributed by atoms with Gasteiger partial charge < -0.3 is 9.67 Å². The number of carboxylic acids is 1. The van der Waals surface area contributed by atoms with E-state index in [0.29, 0.717) is 10.9 Å². The minimum absolute atomic E-state index is 0.0149. The van der Waals surface area contributed by atoms with Gasteiger partial charge in [0.1, 0.15) is 0 Å². The van der Waals surface area contributed by atoms with Crippen LogP contribution in [0.15, 0.2) is 24.4 Å². The number of alkyl halides is 3. The third kappa shape index (κ3) is 2.64. The number of nitrogens with zero attached hydrogens (tertiary/aromatic N) is 1. The van der Waals surface area contributed by atoms with E-state index in [1.165, 1.54) is 6.20 Å². The SMILES string of the molecule is Cc1ccc2c(c1)c([C@H](CC(=O)O)C(F)(F)F)cn2C. The molecule has 0 saturated heterocycles. The number of aryl methyl sites for hydroxylation is 2. The van der Waals surface area contributed by atoms with Crippen LogP contribution in [0.2, 0.25) is 0 Å². The van der Waals surface area contributed by atoms with Gasteiger partial charge in [-0.1, -0.05) is 11.6 Å². The lowest BCUT2D eigenvalue weighted by Gasteiger charge is -2.18. The number of aromatic nitrogens is 1. The molecular formula is C14H14F3NO2. The van der Waals surface area contributed by atoms with Crippen molar-refractivity contribution < 1.29 is 23.1 Å². The van der Waals surface area contributed by atoms with Crippen molar-refractivity contribution in [1.29, 1.82) is 0 Å². The highest BCUT2D eigenvalue weighted by atomic mass is 19.4. The number of hydrogen-bond acceptors (Lipinski definition) is 1. The predicted octanol–water partition coefficient (Wildman–Crippen LogP) is 3.61. The lowest BCUT2D eigenvalue weighted by molar-refractivity contribution is -0.163. The molecule has 0 spiro atoms. The molecule has 0 radical (unpaired) electrons. The smallest absolute Gasteiger partial charge is 0.396 e. The maximum absolute atomic E-state index is 13.1. The fourth-order valence-electron chi connectivity index (χ4n) is 2.39. The van der Waals surface area contributed by atoms with Crippen molar-refractivity contribution in [3.8, 4) is 0 Å². The summed E-state index contributed by atoms with van der Waals surface area (Å²) in [7, 11) is 1.65. The van der Waals surface area contributed by atoms with Crippen molar-refractivity contribution in [1.82, 2.24) is 4.57 Å². The molecule has 0 aliphatic heterocycles. The quantitative estimate of drug-likeness (QED) is 0.936. The van der Waals surface area contributed by atoms with Crippen LogP contribution in [0.4, 0.5) is 13.2 Å². The highest BCUT2D eigenvalue weighted by molar-refractivity contribution is 5.86. The molecule has 0 unspecified atom stereocenters. The Morgan fingerprint density at radius 1 is 1.40 bits per heavy atom. The van der Waals surface area contributed by atoms with Crippen LogP contribution in [0, 0.1) is 6.92 Å². The molecule has 0 bridgehead atoms. The van der Waals surface area contributed by atoms with Crippen molar-refractivity contribution in [3.05, 3.63) is 35.5 Å². The second kappa shape index (κ2) is 4.85. The Labute approximate surface area is 113 Å². The minimum Gasteiger partial charge on any atom is -0.481 e. The van der Waals surface area contributed by atoms with E-state index in [9.17, 15) is 18.0 Å². The summed E-state index contributed by atoms with van der Waals surface area (Å²) in [6.07, 6.45) is -4.18. The zero-order valence-electron chi connectivity index (χ0n) is 11.0. The van der Waals surface area contributed by atoms with Gasteiger partial charge in [0.15, 0.2) is 0 Å². The molecule has 1 heterocycles. The molecule has 1 aromatic heterocycles. The summed E-state index contributed by atoms with van der Waals surface area (Å²) in [6, 6.07) is 5.21. The van der Waals surface area contributed by atoms with Crippen molar-refractivity contribution in [2.24, 2.45) is 7.05 Å². The van der Waals surface area contributed by atoms with Crippen LogP contribution < -0.4 is 0 Å². The Balaban J connectivity index is 2.64. The van der Waals surface area contributed by atoms with E-state index < -0.39 is 24.5 Å². The fraction of sp³-hybridized carbons (Fsp3) is 0.357. The maximum Gasteiger partial charge on any atom is 0.396 e. The second-order valence-electron chi connectivity index (χ2n) is 4.91. The van der Waals surface area contributed by atoms with Crippen molar-refractivity contribution in [2.75, 3.05) is 0 Å². The van der Waals surface area contributed by atoms with Gasteiger partial charge in [0.2, 0.25) is 0 Å². The van der Waals surface area contributed by atoms with E-state index in [4.69, 9.17) is 5.11 Å². The number of benzene rings is 1. The summed E-state index contributed by atoms with van der Waals surface area (Å²) in [5.41, 5.74) is 1.51. The molecule has 0 aliphatic carbocycles.